The molecule has 1 N–H and O–H groups in total. The maximum atomic E-state index is 12.3. The Balaban J connectivity index is 1.65. The van der Waals surface area contributed by atoms with Crippen LogP contribution >= 0.6 is 22.9 Å². The number of thiophene rings is 1. The summed E-state index contributed by atoms with van der Waals surface area (Å²) < 4.78 is 29.0. The van der Waals surface area contributed by atoms with E-state index in [1.165, 1.54) is 6.07 Å². The minimum Gasteiger partial charge on any atom is -0.433 e. The van der Waals surface area contributed by atoms with Crippen LogP contribution in [-0.4, -0.2) is 19.1 Å². The highest BCUT2D eigenvalue weighted by Crippen LogP contribution is 2.47. The quantitative estimate of drug-likeness (QED) is 0.828. The monoisotopic (exact) mass is 357 g/mol. The highest BCUT2D eigenvalue weighted by atomic mass is 35.5. The minimum atomic E-state index is -2.94. The van der Waals surface area contributed by atoms with E-state index < -0.39 is 12.5 Å². The summed E-state index contributed by atoms with van der Waals surface area (Å²) in [6.45, 7) is -2.49. The van der Waals surface area contributed by atoms with Gasteiger partial charge in [-0.3, -0.25) is 4.79 Å². The Morgan fingerprint density at radius 1 is 1.30 bits per heavy atom. The molecule has 3 nitrogen and oxygen atoms in total. The molecule has 1 fully saturated rings. The Kier molecular flexibility index (Phi) is 4.55. The van der Waals surface area contributed by atoms with E-state index in [4.69, 9.17) is 11.6 Å². The number of alkyl halides is 2. The van der Waals surface area contributed by atoms with Gasteiger partial charge in [-0.2, -0.15) is 8.78 Å². The molecule has 7 heteroatoms. The molecule has 0 unspecified atom stereocenters. The van der Waals surface area contributed by atoms with Crippen LogP contribution in [0.4, 0.5) is 8.78 Å². The highest BCUT2D eigenvalue weighted by Gasteiger charge is 2.44. The Labute approximate surface area is 141 Å². The normalized spacial score (nSPS) is 15.5. The molecule has 1 saturated carbocycles. The van der Waals surface area contributed by atoms with Crippen molar-refractivity contribution in [2.75, 3.05) is 6.54 Å². The molecule has 122 valence electrons. The summed E-state index contributed by atoms with van der Waals surface area (Å²) in [5.41, 5.74) is 1.04. The second-order valence-corrected chi connectivity index (χ2v) is 6.81. The van der Waals surface area contributed by atoms with Crippen LogP contribution in [0.1, 0.15) is 28.1 Å². The van der Waals surface area contributed by atoms with Crippen LogP contribution in [-0.2, 0) is 5.41 Å². The topological polar surface area (TPSA) is 38.3 Å². The van der Waals surface area contributed by atoms with Crippen LogP contribution in [0.25, 0.3) is 0 Å². The third kappa shape index (κ3) is 3.64. The van der Waals surface area contributed by atoms with Crippen molar-refractivity contribution >= 4 is 28.8 Å². The van der Waals surface area contributed by atoms with Gasteiger partial charge in [0, 0.05) is 17.0 Å². The minimum absolute atomic E-state index is 0.0821. The van der Waals surface area contributed by atoms with Crippen molar-refractivity contribution in [1.82, 2.24) is 5.32 Å². The van der Waals surface area contributed by atoms with Crippen molar-refractivity contribution in [3.05, 3.63) is 51.2 Å². The largest absolute Gasteiger partial charge is 0.433 e. The molecule has 1 amide bonds. The molecule has 0 atom stereocenters. The fourth-order valence-electron chi connectivity index (χ4n) is 2.50. The average Bonchev–Trinajstić information content (AvgIpc) is 3.17. The van der Waals surface area contributed by atoms with Crippen molar-refractivity contribution in [3.63, 3.8) is 0 Å². The van der Waals surface area contributed by atoms with Gasteiger partial charge >= 0.3 is 6.61 Å². The lowest BCUT2D eigenvalue weighted by Gasteiger charge is -2.17. The molecule has 0 bridgehead atoms. The van der Waals surface area contributed by atoms with Crippen LogP contribution in [0.2, 0.25) is 5.02 Å². The molecule has 0 radical (unpaired) electrons. The molecule has 1 heterocycles. The standard InChI is InChI=1S/C16H14ClF2NO2S/c17-11-3-1-10(2-4-11)16(6-7-16)9-20-14(21)13-12(5-8-23-13)22-15(18)19/h1-5,8,15H,6-7,9H2,(H,20,21). The maximum Gasteiger partial charge on any atom is 0.387 e. The first-order valence-corrected chi connectivity index (χ1v) is 8.32. The zero-order chi connectivity index (χ0) is 16.4. The van der Waals surface area contributed by atoms with E-state index in [0.717, 1.165) is 29.7 Å². The molecule has 0 aliphatic heterocycles. The molecule has 1 aliphatic carbocycles. The van der Waals surface area contributed by atoms with E-state index in [1.807, 2.05) is 24.3 Å². The maximum absolute atomic E-state index is 12.3. The summed E-state index contributed by atoms with van der Waals surface area (Å²) in [6.07, 6.45) is 1.94. The Morgan fingerprint density at radius 3 is 2.61 bits per heavy atom. The van der Waals surface area contributed by atoms with Gasteiger partial charge in [0.25, 0.3) is 5.91 Å². The first-order valence-electron chi connectivity index (χ1n) is 7.07. The summed E-state index contributed by atoms with van der Waals surface area (Å²) in [5.74, 6) is -0.477. The van der Waals surface area contributed by atoms with Gasteiger partial charge in [-0.15, -0.1) is 11.3 Å². The summed E-state index contributed by atoms with van der Waals surface area (Å²) in [7, 11) is 0. The molecule has 1 aromatic heterocycles. The highest BCUT2D eigenvalue weighted by molar-refractivity contribution is 7.12. The molecular weight excluding hydrogens is 344 g/mol. The van der Waals surface area contributed by atoms with E-state index in [-0.39, 0.29) is 16.0 Å². The first kappa shape index (κ1) is 16.2. The SMILES string of the molecule is O=C(NCC1(c2ccc(Cl)cc2)CC1)c1sccc1OC(F)F. The number of nitrogens with one attached hydrogen (secondary N) is 1. The van der Waals surface area contributed by atoms with Gasteiger partial charge in [0.1, 0.15) is 10.6 Å². The fraction of sp³-hybridized carbons (Fsp3) is 0.312. The Bertz CT molecular complexity index is 698. The van der Waals surface area contributed by atoms with Gasteiger partial charge in [0.15, 0.2) is 0 Å². The van der Waals surface area contributed by atoms with Gasteiger partial charge in [-0.25, -0.2) is 0 Å². The number of halogens is 3. The molecule has 0 saturated heterocycles. The number of carbonyl (C=O) groups is 1. The van der Waals surface area contributed by atoms with Gasteiger partial charge in [-0.05, 0) is 42.0 Å². The predicted molar refractivity (Wildman–Crippen MR) is 85.6 cm³/mol. The van der Waals surface area contributed by atoms with Crippen molar-refractivity contribution in [2.24, 2.45) is 0 Å². The van der Waals surface area contributed by atoms with E-state index >= 15 is 0 Å². The van der Waals surface area contributed by atoms with Crippen LogP contribution < -0.4 is 10.1 Å². The van der Waals surface area contributed by atoms with E-state index in [2.05, 4.69) is 10.1 Å². The Hall–Kier alpha value is -1.66. The van der Waals surface area contributed by atoms with Gasteiger partial charge in [-0.1, -0.05) is 23.7 Å². The van der Waals surface area contributed by atoms with Crippen LogP contribution in [0, 0.1) is 0 Å². The third-order valence-corrected chi connectivity index (χ3v) is 5.10. The van der Waals surface area contributed by atoms with Gasteiger partial charge in [0.05, 0.1) is 0 Å². The second-order valence-electron chi connectivity index (χ2n) is 5.46. The molecule has 2 aromatic rings. The van der Waals surface area contributed by atoms with Crippen LogP contribution in [0.3, 0.4) is 0 Å². The average molecular weight is 358 g/mol. The van der Waals surface area contributed by atoms with E-state index in [9.17, 15) is 13.6 Å². The lowest BCUT2D eigenvalue weighted by atomic mass is 9.96. The van der Waals surface area contributed by atoms with E-state index in [1.54, 1.807) is 5.38 Å². The molecule has 23 heavy (non-hydrogen) atoms. The predicted octanol–water partition coefficient (Wildman–Crippen LogP) is 4.46. The summed E-state index contributed by atoms with van der Waals surface area (Å²) in [6, 6.07) is 8.94. The number of hydrogen-bond donors (Lipinski definition) is 1. The molecule has 1 aromatic carbocycles. The summed E-state index contributed by atoms with van der Waals surface area (Å²) in [5, 5.41) is 5.05. The third-order valence-electron chi connectivity index (χ3n) is 3.95. The number of carbonyl (C=O) groups excluding carboxylic acids is 1. The summed E-state index contributed by atoms with van der Waals surface area (Å²) >= 11 is 6.97. The van der Waals surface area contributed by atoms with Crippen LogP contribution in [0.15, 0.2) is 35.7 Å². The molecule has 3 rings (SSSR count). The van der Waals surface area contributed by atoms with Crippen molar-refractivity contribution in [3.8, 4) is 5.75 Å². The number of hydrogen-bond acceptors (Lipinski definition) is 3. The van der Waals surface area contributed by atoms with Crippen molar-refractivity contribution in [1.29, 1.82) is 0 Å². The summed E-state index contributed by atoms with van der Waals surface area (Å²) in [4.78, 5) is 12.4. The van der Waals surface area contributed by atoms with E-state index in [0.29, 0.717) is 11.6 Å². The van der Waals surface area contributed by atoms with Gasteiger partial charge < -0.3 is 10.1 Å². The smallest absolute Gasteiger partial charge is 0.387 e. The molecule has 0 spiro atoms. The lowest BCUT2D eigenvalue weighted by Crippen LogP contribution is -2.32. The number of rotatable bonds is 6. The fourth-order valence-corrected chi connectivity index (χ4v) is 3.37. The van der Waals surface area contributed by atoms with Crippen molar-refractivity contribution < 1.29 is 18.3 Å². The molecule has 1 aliphatic rings. The number of amides is 1. The Morgan fingerprint density at radius 2 is 2.00 bits per heavy atom. The van der Waals surface area contributed by atoms with Crippen LogP contribution in [0.5, 0.6) is 5.75 Å². The number of benzene rings is 1. The van der Waals surface area contributed by atoms with Crippen molar-refractivity contribution in [2.45, 2.75) is 24.9 Å². The lowest BCUT2D eigenvalue weighted by molar-refractivity contribution is -0.0498. The zero-order valence-corrected chi connectivity index (χ0v) is 13.6. The zero-order valence-electron chi connectivity index (χ0n) is 12.0. The molecular formula is C16H14ClF2NO2S. The van der Waals surface area contributed by atoms with Gasteiger partial charge in [0.2, 0.25) is 0 Å². The first-order chi connectivity index (χ1) is 11.0. The number of ether oxygens (including phenoxy) is 1. The second kappa shape index (κ2) is 6.45.